The van der Waals surface area contributed by atoms with E-state index in [1.165, 1.54) is 0 Å². The number of rotatable bonds is 0. The third-order valence-electron chi connectivity index (χ3n) is 0. The Balaban J connectivity index is 0. The molecular weight excluding hydrogens is 422 g/mol. The molecule has 0 atom stereocenters. The maximum absolute atomic E-state index is 5.02. The second kappa shape index (κ2) is 11.7. The van der Waals surface area contributed by atoms with E-state index in [2.05, 4.69) is 0 Å². The standard InChI is InChI=1S/2Ce.4ClH/h;;4*1H/q+1;+3;;;;/p-4. The summed E-state index contributed by atoms with van der Waals surface area (Å²) < 4.78 is 0. The molecule has 0 saturated heterocycles. The van der Waals surface area contributed by atoms with Gasteiger partial charge in [-0.05, 0) is 0 Å². The van der Waals surface area contributed by atoms with Gasteiger partial charge in [0.1, 0.15) is 0 Å². The van der Waals surface area contributed by atoms with Gasteiger partial charge in [0.25, 0.3) is 0 Å². The monoisotopic (exact) mass is 420 g/mol. The van der Waals surface area contributed by atoms with Crippen molar-refractivity contribution in [3.63, 3.8) is 0 Å². The molecule has 0 nitrogen and oxygen atoms in total. The first-order valence-electron chi connectivity index (χ1n) is 0.756. The van der Waals surface area contributed by atoms with Gasteiger partial charge in [-0.1, -0.05) is 0 Å². The second-order valence-electron chi connectivity index (χ2n) is 0.214. The van der Waals surface area contributed by atoms with E-state index in [9.17, 15) is 0 Å². The zero-order valence-corrected chi connectivity index (χ0v) is 11.8. The van der Waals surface area contributed by atoms with Gasteiger partial charge < -0.3 is 0 Å². The van der Waals surface area contributed by atoms with Crippen LogP contribution in [0, 0.1) is 68.7 Å². The van der Waals surface area contributed by atoms with E-state index < -0.39 is 30.7 Å². The zero-order valence-electron chi connectivity index (χ0n) is 2.51. The predicted octanol–water partition coefficient (Wildman–Crippen LogP) is 2.76. The van der Waals surface area contributed by atoms with Crippen LogP contribution in [0.25, 0.3) is 0 Å². The quantitative estimate of drug-likeness (QED) is 0.564. The molecule has 6 heavy (non-hydrogen) atoms. The molecule has 0 aliphatic carbocycles. The number of hydrogen-bond donors (Lipinski definition) is 0. The molecule has 0 radical (unpaired) electrons. The SMILES string of the molecule is [Cl][Ce].[Cl][Ce]([Cl])[Cl]. The molecule has 0 bridgehead atoms. The van der Waals surface area contributed by atoms with E-state index in [1.54, 1.807) is 0 Å². The van der Waals surface area contributed by atoms with Crippen LogP contribution in [-0.2, 0) is 0 Å². The Kier molecular flexibility index (Phi) is 24.5. The molecule has 0 rings (SSSR count). The predicted molar refractivity (Wildman–Crippen MR) is 23.4 cm³/mol. The Labute approximate surface area is 87.9 Å². The molecule has 0 spiro atoms. The van der Waals surface area contributed by atoms with Crippen molar-refractivity contribution in [2.75, 3.05) is 0 Å². The fourth-order valence-electron chi connectivity index (χ4n) is 0. The average Bonchev–Trinajstić information content (AvgIpc) is 1.41. The second-order valence-corrected chi connectivity index (χ2v) is 14.0. The van der Waals surface area contributed by atoms with Crippen LogP contribution in [0.4, 0.5) is 0 Å². The fourth-order valence-corrected chi connectivity index (χ4v) is 0. The summed E-state index contributed by atoms with van der Waals surface area (Å²) in [6, 6.07) is 0. The van der Waals surface area contributed by atoms with E-state index in [4.69, 9.17) is 22.5 Å². The van der Waals surface area contributed by atoms with E-state index in [-0.39, 0.29) is 0 Å². The molecule has 0 N–H and O–H groups in total. The molecule has 36 valence electrons. The summed E-state index contributed by atoms with van der Waals surface area (Å²) in [7, 11) is 0. The summed E-state index contributed by atoms with van der Waals surface area (Å²) in [6.07, 6.45) is 0. The Morgan fingerprint density at radius 1 is 1.00 bits per heavy atom. The molecule has 6 heteroatoms. The minimum absolute atomic E-state index is 0.778. The Hall–Kier alpha value is 3.91. The van der Waals surface area contributed by atoms with Gasteiger partial charge >= 0.3 is 91.2 Å². The average molecular weight is 422 g/mol. The van der Waals surface area contributed by atoms with Crippen molar-refractivity contribution in [1.82, 2.24) is 0 Å². The van der Waals surface area contributed by atoms with Gasteiger partial charge in [0.05, 0.1) is 0 Å². The van der Waals surface area contributed by atoms with E-state index >= 15 is 0 Å². The van der Waals surface area contributed by atoms with Gasteiger partial charge in [-0.25, -0.2) is 0 Å². The Morgan fingerprint density at radius 2 is 1.00 bits per heavy atom. The summed E-state index contributed by atoms with van der Waals surface area (Å²) in [5.41, 5.74) is 19.8. The van der Waals surface area contributed by atoms with Crippen molar-refractivity contribution in [3.05, 3.63) is 0 Å². The molecule has 0 aliphatic rings. The number of hydrogen-bond acceptors (Lipinski definition) is 0. The summed E-state index contributed by atoms with van der Waals surface area (Å²) in [5.74, 6) is 0. The molecule has 0 heterocycles. The topological polar surface area (TPSA) is 0 Å². The third kappa shape index (κ3) is 24.7. The normalized spacial score (nSPS) is 5.17. The first-order valence-corrected chi connectivity index (χ1v) is 16.5. The molecule has 0 aliphatic heterocycles. The van der Waals surface area contributed by atoms with Crippen LogP contribution in [0.2, 0.25) is 0 Å². The first kappa shape index (κ1) is 12.6. The Bertz CT molecular complexity index is 10.3. The van der Waals surface area contributed by atoms with Crippen molar-refractivity contribution in [3.8, 4) is 0 Å². The van der Waals surface area contributed by atoms with Crippen LogP contribution in [0.15, 0.2) is 0 Å². The minimum atomic E-state index is -2.24. The van der Waals surface area contributed by atoms with Gasteiger partial charge in [0.2, 0.25) is 0 Å². The summed E-state index contributed by atoms with van der Waals surface area (Å²) in [5, 5.41) is 0. The van der Waals surface area contributed by atoms with Gasteiger partial charge in [-0.2, -0.15) is 0 Å². The van der Waals surface area contributed by atoms with E-state index in [0.29, 0.717) is 0 Å². The van der Waals surface area contributed by atoms with Gasteiger partial charge in [0, 0.05) is 0 Å². The summed E-state index contributed by atoms with van der Waals surface area (Å²) in [4.78, 5) is 0. The van der Waals surface area contributed by atoms with Crippen LogP contribution >= 0.6 is 22.5 Å². The van der Waals surface area contributed by atoms with Crippen LogP contribution in [0.1, 0.15) is 0 Å². The third-order valence-corrected chi connectivity index (χ3v) is 0. The summed E-state index contributed by atoms with van der Waals surface area (Å²) >= 11 is -1.46. The number of halogens is 4. The molecule has 0 amide bonds. The first-order chi connectivity index (χ1) is 2.73. The molecule has 0 unspecified atom stereocenters. The van der Waals surface area contributed by atoms with Crippen molar-refractivity contribution in [1.29, 1.82) is 0 Å². The van der Waals surface area contributed by atoms with Crippen molar-refractivity contribution in [2.45, 2.75) is 0 Å². The molecule has 0 fully saturated rings. The molecule has 0 saturated carbocycles. The molecule has 0 aromatic rings. The fraction of sp³-hybridized carbons (Fsp3) is 0. The van der Waals surface area contributed by atoms with Crippen molar-refractivity contribution >= 4 is 22.5 Å². The Morgan fingerprint density at radius 3 is 1.00 bits per heavy atom. The van der Waals surface area contributed by atoms with Crippen molar-refractivity contribution in [2.24, 2.45) is 0 Å². The van der Waals surface area contributed by atoms with Gasteiger partial charge in [-0.15, -0.1) is 0 Å². The van der Waals surface area contributed by atoms with Gasteiger partial charge in [0.15, 0.2) is 0 Å². The van der Waals surface area contributed by atoms with E-state index in [0.717, 1.165) is 38.1 Å². The summed E-state index contributed by atoms with van der Waals surface area (Å²) in [6.45, 7) is 0. The molecule has 0 aromatic heterocycles. The van der Waals surface area contributed by atoms with Crippen LogP contribution in [0.5, 0.6) is 0 Å². The van der Waals surface area contributed by atoms with Crippen LogP contribution < -0.4 is 0 Å². The van der Waals surface area contributed by atoms with Crippen LogP contribution in [0.3, 0.4) is 0 Å². The van der Waals surface area contributed by atoms with Gasteiger partial charge in [-0.3, -0.25) is 0 Å². The molecule has 0 aromatic carbocycles. The zero-order chi connectivity index (χ0) is 5.58. The van der Waals surface area contributed by atoms with E-state index in [1.807, 2.05) is 0 Å². The molecular formula is Ce2Cl4. The van der Waals surface area contributed by atoms with Crippen molar-refractivity contribution < 1.29 is 68.7 Å². The van der Waals surface area contributed by atoms with Crippen LogP contribution in [-0.4, -0.2) is 0 Å². The maximum atomic E-state index is 5.02.